The normalized spacial score (nSPS) is 10.4. The third-order valence-corrected chi connectivity index (χ3v) is 3.01. The lowest BCUT2D eigenvalue weighted by molar-refractivity contribution is 1.05. The Morgan fingerprint density at radius 1 is 1.43 bits per heavy atom. The van der Waals surface area contributed by atoms with Gasteiger partial charge in [-0.3, -0.25) is 0 Å². The van der Waals surface area contributed by atoms with Crippen molar-refractivity contribution >= 4 is 27.5 Å². The summed E-state index contributed by atoms with van der Waals surface area (Å²) in [5, 5.41) is 0. The molecule has 0 fully saturated rings. The summed E-state index contributed by atoms with van der Waals surface area (Å²) in [6, 6.07) is 6.05. The van der Waals surface area contributed by atoms with E-state index in [0.717, 1.165) is 15.7 Å². The van der Waals surface area contributed by atoms with Gasteiger partial charge in [0.2, 0.25) is 0 Å². The van der Waals surface area contributed by atoms with Crippen LogP contribution in [0.2, 0.25) is 0 Å². The van der Waals surface area contributed by atoms with E-state index < -0.39 is 0 Å². The van der Waals surface area contributed by atoms with Crippen LogP contribution in [0.5, 0.6) is 0 Å². The molecule has 0 radical (unpaired) electrons. The summed E-state index contributed by atoms with van der Waals surface area (Å²) in [5.41, 5.74) is 2.17. The average Bonchev–Trinajstić information content (AvgIpc) is 2.70. The monoisotopic (exact) mass is 270 g/mol. The van der Waals surface area contributed by atoms with Crippen LogP contribution in [0.25, 0.3) is 5.69 Å². The Labute approximate surface area is 95.7 Å². The van der Waals surface area contributed by atoms with Crippen molar-refractivity contribution in [3.05, 3.63) is 47.0 Å². The maximum absolute atomic E-state index is 5.76. The molecule has 0 spiro atoms. The number of benzene rings is 1. The largest absolute Gasteiger partial charge is 0.306 e. The summed E-state index contributed by atoms with van der Waals surface area (Å²) >= 11 is 9.23. The molecular formula is C10H8BrClN2. The van der Waals surface area contributed by atoms with E-state index in [1.165, 1.54) is 0 Å². The molecule has 0 atom stereocenters. The summed E-state index contributed by atoms with van der Waals surface area (Å²) in [6.07, 6.45) is 5.42. The van der Waals surface area contributed by atoms with Gasteiger partial charge in [0.25, 0.3) is 0 Å². The molecule has 1 aromatic carbocycles. The lowest BCUT2D eigenvalue weighted by Gasteiger charge is -2.05. The highest BCUT2D eigenvalue weighted by molar-refractivity contribution is 9.10. The Balaban J connectivity index is 2.43. The predicted octanol–water partition coefficient (Wildman–Crippen LogP) is 3.37. The molecule has 2 aromatic rings. The van der Waals surface area contributed by atoms with E-state index in [1.807, 2.05) is 29.0 Å². The maximum atomic E-state index is 5.76. The number of nitrogens with zero attached hydrogens (tertiary/aromatic N) is 2. The van der Waals surface area contributed by atoms with Crippen molar-refractivity contribution in [2.75, 3.05) is 0 Å². The molecule has 0 unspecified atom stereocenters. The van der Waals surface area contributed by atoms with Gasteiger partial charge in [0.15, 0.2) is 0 Å². The molecule has 0 N–H and O–H groups in total. The van der Waals surface area contributed by atoms with E-state index in [9.17, 15) is 0 Å². The van der Waals surface area contributed by atoms with Crippen molar-refractivity contribution in [1.29, 1.82) is 0 Å². The quantitative estimate of drug-likeness (QED) is 0.766. The van der Waals surface area contributed by atoms with Crippen LogP contribution < -0.4 is 0 Å². The standard InChI is InChI=1S/C10H8BrClN2/c11-10-5-9(2-1-8(10)6-12)14-4-3-13-7-14/h1-5,7H,6H2. The van der Waals surface area contributed by atoms with Gasteiger partial charge in [0.1, 0.15) is 0 Å². The van der Waals surface area contributed by atoms with Crippen molar-refractivity contribution in [2.45, 2.75) is 5.88 Å². The zero-order valence-corrected chi connectivity index (χ0v) is 9.66. The second-order valence-electron chi connectivity index (χ2n) is 2.88. The summed E-state index contributed by atoms with van der Waals surface area (Å²) in [4.78, 5) is 3.99. The highest BCUT2D eigenvalue weighted by Crippen LogP contribution is 2.22. The zero-order chi connectivity index (χ0) is 9.97. The first-order valence-electron chi connectivity index (χ1n) is 4.14. The van der Waals surface area contributed by atoms with Crippen molar-refractivity contribution in [3.63, 3.8) is 0 Å². The molecule has 0 saturated carbocycles. The molecule has 0 aliphatic heterocycles. The van der Waals surface area contributed by atoms with E-state index in [4.69, 9.17) is 11.6 Å². The number of aromatic nitrogens is 2. The Bertz CT molecular complexity index is 426. The van der Waals surface area contributed by atoms with Crippen molar-refractivity contribution in [1.82, 2.24) is 9.55 Å². The van der Waals surface area contributed by atoms with Gasteiger partial charge in [-0.05, 0) is 17.7 Å². The minimum atomic E-state index is 0.519. The number of rotatable bonds is 2. The van der Waals surface area contributed by atoms with Crippen LogP contribution in [0.3, 0.4) is 0 Å². The Kier molecular flexibility index (Phi) is 2.89. The van der Waals surface area contributed by atoms with Crippen LogP contribution >= 0.6 is 27.5 Å². The van der Waals surface area contributed by atoms with Gasteiger partial charge < -0.3 is 4.57 Å². The fourth-order valence-corrected chi connectivity index (χ4v) is 2.12. The molecule has 4 heteroatoms. The summed E-state index contributed by atoms with van der Waals surface area (Å²) in [5.74, 6) is 0.519. The Hall–Kier alpha value is -0.800. The maximum Gasteiger partial charge on any atom is 0.0991 e. The smallest absolute Gasteiger partial charge is 0.0991 e. The summed E-state index contributed by atoms with van der Waals surface area (Å²) in [6.45, 7) is 0. The van der Waals surface area contributed by atoms with Crippen LogP contribution in [-0.2, 0) is 5.88 Å². The molecule has 14 heavy (non-hydrogen) atoms. The van der Waals surface area contributed by atoms with E-state index in [0.29, 0.717) is 5.88 Å². The van der Waals surface area contributed by atoms with Gasteiger partial charge in [-0.2, -0.15) is 0 Å². The van der Waals surface area contributed by atoms with Crippen LogP contribution in [0.4, 0.5) is 0 Å². The number of halogens is 2. The molecule has 2 nitrogen and oxygen atoms in total. The van der Waals surface area contributed by atoms with Crippen LogP contribution in [0.1, 0.15) is 5.56 Å². The highest BCUT2D eigenvalue weighted by atomic mass is 79.9. The first-order valence-corrected chi connectivity index (χ1v) is 5.47. The van der Waals surface area contributed by atoms with Crippen LogP contribution in [0, 0.1) is 0 Å². The fourth-order valence-electron chi connectivity index (χ4n) is 1.22. The third-order valence-electron chi connectivity index (χ3n) is 1.98. The van der Waals surface area contributed by atoms with Gasteiger partial charge >= 0.3 is 0 Å². The minimum Gasteiger partial charge on any atom is -0.306 e. The number of alkyl halides is 1. The van der Waals surface area contributed by atoms with Gasteiger partial charge in [0.05, 0.1) is 6.33 Å². The van der Waals surface area contributed by atoms with Gasteiger partial charge in [-0.25, -0.2) is 4.98 Å². The number of hydrogen-bond acceptors (Lipinski definition) is 1. The van der Waals surface area contributed by atoms with E-state index >= 15 is 0 Å². The second-order valence-corrected chi connectivity index (χ2v) is 4.00. The molecule has 0 amide bonds. The lowest BCUT2D eigenvalue weighted by atomic mass is 10.2. The van der Waals surface area contributed by atoms with E-state index in [2.05, 4.69) is 20.9 Å². The van der Waals surface area contributed by atoms with Gasteiger partial charge in [-0.15, -0.1) is 11.6 Å². The first-order chi connectivity index (χ1) is 6.81. The molecule has 0 aliphatic rings. The molecule has 0 aliphatic carbocycles. The second kappa shape index (κ2) is 4.15. The molecule has 2 rings (SSSR count). The number of imidazole rings is 1. The predicted molar refractivity (Wildman–Crippen MR) is 60.8 cm³/mol. The van der Waals surface area contributed by atoms with Crippen molar-refractivity contribution in [3.8, 4) is 5.69 Å². The molecule has 72 valence electrons. The first kappa shape index (κ1) is 9.74. The zero-order valence-electron chi connectivity index (χ0n) is 7.32. The lowest BCUT2D eigenvalue weighted by Crippen LogP contribution is -1.91. The van der Waals surface area contributed by atoms with Crippen molar-refractivity contribution in [2.24, 2.45) is 0 Å². The molecule has 0 saturated heterocycles. The van der Waals surface area contributed by atoms with Crippen LogP contribution in [-0.4, -0.2) is 9.55 Å². The van der Waals surface area contributed by atoms with Gasteiger partial charge in [-0.1, -0.05) is 22.0 Å². The number of hydrogen-bond donors (Lipinski definition) is 0. The SMILES string of the molecule is ClCc1ccc(-n2ccnc2)cc1Br. The van der Waals surface area contributed by atoms with Crippen molar-refractivity contribution < 1.29 is 0 Å². The summed E-state index contributed by atoms with van der Waals surface area (Å²) in [7, 11) is 0. The fraction of sp³-hybridized carbons (Fsp3) is 0.100. The molecule has 0 bridgehead atoms. The topological polar surface area (TPSA) is 17.8 Å². The Morgan fingerprint density at radius 2 is 2.29 bits per heavy atom. The van der Waals surface area contributed by atoms with Gasteiger partial charge in [0, 0.05) is 28.4 Å². The average molecular weight is 272 g/mol. The Morgan fingerprint density at radius 3 is 2.86 bits per heavy atom. The molecule has 1 aromatic heterocycles. The van der Waals surface area contributed by atoms with E-state index in [-0.39, 0.29) is 0 Å². The van der Waals surface area contributed by atoms with E-state index in [1.54, 1.807) is 12.5 Å². The summed E-state index contributed by atoms with van der Waals surface area (Å²) < 4.78 is 2.97. The minimum absolute atomic E-state index is 0.519. The third kappa shape index (κ3) is 1.83. The molecule has 1 heterocycles. The molecular weight excluding hydrogens is 263 g/mol. The highest BCUT2D eigenvalue weighted by Gasteiger charge is 2.01. The van der Waals surface area contributed by atoms with Crippen LogP contribution in [0.15, 0.2) is 41.4 Å².